The summed E-state index contributed by atoms with van der Waals surface area (Å²) >= 11 is 0. The van der Waals surface area contributed by atoms with Crippen molar-refractivity contribution in [1.29, 1.82) is 0 Å². The van der Waals surface area contributed by atoms with Crippen LogP contribution >= 0.6 is 0 Å². The summed E-state index contributed by atoms with van der Waals surface area (Å²) in [6.45, 7) is 0. The van der Waals surface area contributed by atoms with Gasteiger partial charge in [0.1, 0.15) is 22.3 Å². The molecule has 0 aliphatic heterocycles. The molecule has 0 radical (unpaired) electrons. The van der Waals surface area contributed by atoms with Gasteiger partial charge in [-0.3, -0.25) is 4.98 Å². The van der Waals surface area contributed by atoms with Crippen LogP contribution < -0.4 is 0 Å². The molecule has 6 aromatic carbocycles. The lowest BCUT2D eigenvalue weighted by atomic mass is 9.96. The van der Waals surface area contributed by atoms with Crippen LogP contribution in [0, 0.1) is 0 Å². The summed E-state index contributed by atoms with van der Waals surface area (Å²) in [6.07, 6.45) is 1.80. The number of hydrogen-bond donors (Lipinski definition) is 0. The molecule has 0 unspecified atom stereocenters. The van der Waals surface area contributed by atoms with Gasteiger partial charge in [0.05, 0.1) is 5.52 Å². The number of furan rings is 2. The van der Waals surface area contributed by atoms with Gasteiger partial charge in [0.25, 0.3) is 0 Å². The normalized spacial score (nSPS) is 11.8. The maximum Gasteiger partial charge on any atom is 0.164 e. The molecule has 6 nitrogen and oxygen atoms in total. The van der Waals surface area contributed by atoms with Crippen LogP contribution in [0.5, 0.6) is 0 Å². The van der Waals surface area contributed by atoms with E-state index in [1.54, 1.807) is 6.20 Å². The van der Waals surface area contributed by atoms with Gasteiger partial charge in [-0.15, -0.1) is 0 Å². The molecule has 0 aliphatic rings. The molecular formula is C42H24N4O2. The third kappa shape index (κ3) is 4.13. The van der Waals surface area contributed by atoms with E-state index in [0.717, 1.165) is 82.6 Å². The summed E-state index contributed by atoms with van der Waals surface area (Å²) in [5.74, 6) is 1.77. The molecule has 4 aromatic heterocycles. The second-order valence-corrected chi connectivity index (χ2v) is 11.8. The van der Waals surface area contributed by atoms with Crippen LogP contribution in [0.25, 0.3) is 100 Å². The first-order valence-corrected chi connectivity index (χ1v) is 15.8. The molecule has 0 saturated carbocycles. The second kappa shape index (κ2) is 10.4. The summed E-state index contributed by atoms with van der Waals surface area (Å²) in [4.78, 5) is 19.7. The van der Waals surface area contributed by atoms with Crippen molar-refractivity contribution < 1.29 is 8.83 Å². The summed E-state index contributed by atoms with van der Waals surface area (Å²) in [6, 6.07) is 46.8. The van der Waals surface area contributed by atoms with E-state index in [1.165, 1.54) is 0 Å². The monoisotopic (exact) mass is 616 g/mol. The minimum absolute atomic E-state index is 0.565. The Morgan fingerprint density at radius 1 is 0.417 bits per heavy atom. The predicted molar refractivity (Wildman–Crippen MR) is 191 cm³/mol. The highest BCUT2D eigenvalue weighted by Crippen LogP contribution is 2.45. The van der Waals surface area contributed by atoms with Crippen molar-refractivity contribution in [2.45, 2.75) is 0 Å². The van der Waals surface area contributed by atoms with Gasteiger partial charge in [0, 0.05) is 67.0 Å². The van der Waals surface area contributed by atoms with Gasteiger partial charge in [0.2, 0.25) is 0 Å². The van der Waals surface area contributed by atoms with Gasteiger partial charge in [0.15, 0.2) is 17.5 Å². The van der Waals surface area contributed by atoms with E-state index in [-0.39, 0.29) is 0 Å². The second-order valence-electron chi connectivity index (χ2n) is 11.8. The predicted octanol–water partition coefficient (Wildman–Crippen LogP) is 10.9. The minimum Gasteiger partial charge on any atom is -0.455 e. The molecule has 0 fully saturated rings. The summed E-state index contributed by atoms with van der Waals surface area (Å²) < 4.78 is 13.3. The van der Waals surface area contributed by atoms with E-state index in [2.05, 4.69) is 53.5 Å². The third-order valence-electron chi connectivity index (χ3n) is 8.98. The van der Waals surface area contributed by atoms with Crippen molar-refractivity contribution in [2.75, 3.05) is 0 Å². The van der Waals surface area contributed by atoms with Crippen LogP contribution in [0.2, 0.25) is 0 Å². The fraction of sp³-hybridized carbons (Fsp3) is 0. The zero-order valence-electron chi connectivity index (χ0n) is 25.5. The topological polar surface area (TPSA) is 77.8 Å². The van der Waals surface area contributed by atoms with Crippen LogP contribution in [-0.4, -0.2) is 19.9 Å². The summed E-state index contributed by atoms with van der Waals surface area (Å²) in [5, 5.41) is 5.04. The summed E-state index contributed by atoms with van der Waals surface area (Å²) in [5.41, 5.74) is 8.55. The minimum atomic E-state index is 0.565. The Labute approximate surface area is 274 Å². The first kappa shape index (κ1) is 26.5. The third-order valence-corrected chi connectivity index (χ3v) is 8.98. The molecular weight excluding hydrogens is 592 g/mol. The molecule has 224 valence electrons. The van der Waals surface area contributed by atoms with Crippen molar-refractivity contribution in [1.82, 2.24) is 19.9 Å². The maximum atomic E-state index is 6.81. The molecule has 0 spiro atoms. The largest absolute Gasteiger partial charge is 0.455 e. The first-order valence-electron chi connectivity index (χ1n) is 15.8. The van der Waals surface area contributed by atoms with Crippen molar-refractivity contribution in [3.05, 3.63) is 146 Å². The van der Waals surface area contributed by atoms with E-state index in [4.69, 9.17) is 23.8 Å². The van der Waals surface area contributed by atoms with Gasteiger partial charge < -0.3 is 8.83 Å². The van der Waals surface area contributed by atoms with Crippen LogP contribution in [0.3, 0.4) is 0 Å². The Bertz CT molecular complexity index is 2780. The first-order chi connectivity index (χ1) is 23.8. The number of rotatable bonds is 4. The van der Waals surface area contributed by atoms with Gasteiger partial charge >= 0.3 is 0 Å². The van der Waals surface area contributed by atoms with E-state index in [9.17, 15) is 0 Å². The molecule has 48 heavy (non-hydrogen) atoms. The zero-order valence-corrected chi connectivity index (χ0v) is 25.5. The van der Waals surface area contributed by atoms with Crippen molar-refractivity contribution >= 4 is 54.8 Å². The number of aromatic nitrogens is 4. The molecule has 6 heteroatoms. The smallest absolute Gasteiger partial charge is 0.164 e. The van der Waals surface area contributed by atoms with Gasteiger partial charge in [-0.1, -0.05) is 103 Å². The average Bonchev–Trinajstić information content (AvgIpc) is 3.73. The Morgan fingerprint density at radius 2 is 1.06 bits per heavy atom. The number of hydrogen-bond acceptors (Lipinski definition) is 6. The standard InChI is InChI=1S/C42H24N4O2/c1-3-11-25(12-4-1)40-44-41(26-13-5-2-6-14-26)46-42(45-40)32-21-20-31(30-18-9-17-29-28-16-7-8-19-35(28)47-38(29)30)39-37(32)33-23-27-15-10-22-43-34(27)24-36(33)48-39/h1-24H. The number of pyridine rings is 1. The van der Waals surface area contributed by atoms with E-state index in [0.29, 0.717) is 17.5 Å². The molecule has 4 heterocycles. The fourth-order valence-electron chi connectivity index (χ4n) is 6.73. The molecule has 0 aliphatic carbocycles. The SMILES string of the molecule is c1ccc(-c2nc(-c3ccccc3)nc(-c3ccc(-c4cccc5c4oc4ccccc45)c4oc5cc6ncccc6cc5c34)n2)cc1. The molecule has 0 N–H and O–H groups in total. The average molecular weight is 617 g/mol. The van der Waals surface area contributed by atoms with Crippen LogP contribution in [0.15, 0.2) is 155 Å². The van der Waals surface area contributed by atoms with E-state index in [1.807, 2.05) is 91.0 Å². The molecule has 10 aromatic rings. The zero-order chi connectivity index (χ0) is 31.6. The summed E-state index contributed by atoms with van der Waals surface area (Å²) in [7, 11) is 0. The maximum absolute atomic E-state index is 6.81. The lowest BCUT2D eigenvalue weighted by molar-refractivity contribution is 0.665. The van der Waals surface area contributed by atoms with Crippen molar-refractivity contribution in [3.63, 3.8) is 0 Å². The number of para-hydroxylation sites is 2. The lowest BCUT2D eigenvalue weighted by Gasteiger charge is -2.11. The lowest BCUT2D eigenvalue weighted by Crippen LogP contribution is -2.00. The van der Waals surface area contributed by atoms with Crippen molar-refractivity contribution in [3.8, 4) is 45.3 Å². The Hall–Kier alpha value is -6.66. The number of benzene rings is 6. The molecule has 0 saturated heterocycles. The molecule has 10 rings (SSSR count). The van der Waals surface area contributed by atoms with E-state index >= 15 is 0 Å². The Morgan fingerprint density at radius 3 is 1.85 bits per heavy atom. The van der Waals surface area contributed by atoms with Crippen LogP contribution in [0.4, 0.5) is 0 Å². The Kier molecular flexibility index (Phi) is 5.77. The fourth-order valence-corrected chi connectivity index (χ4v) is 6.73. The molecule has 0 bridgehead atoms. The Balaban J connectivity index is 1.30. The number of fused-ring (bicyclic) bond motifs is 7. The highest BCUT2D eigenvalue weighted by atomic mass is 16.3. The highest BCUT2D eigenvalue weighted by Gasteiger charge is 2.23. The van der Waals surface area contributed by atoms with Crippen LogP contribution in [0.1, 0.15) is 0 Å². The van der Waals surface area contributed by atoms with Crippen molar-refractivity contribution in [2.24, 2.45) is 0 Å². The molecule has 0 atom stereocenters. The number of nitrogens with zero attached hydrogens (tertiary/aromatic N) is 4. The van der Waals surface area contributed by atoms with Gasteiger partial charge in [-0.05, 0) is 30.3 Å². The quantitative estimate of drug-likeness (QED) is 0.196. The van der Waals surface area contributed by atoms with E-state index < -0.39 is 0 Å². The highest BCUT2D eigenvalue weighted by molar-refractivity contribution is 6.20. The van der Waals surface area contributed by atoms with Gasteiger partial charge in [-0.25, -0.2) is 15.0 Å². The molecule has 0 amide bonds. The van der Waals surface area contributed by atoms with Crippen LogP contribution in [-0.2, 0) is 0 Å². The van der Waals surface area contributed by atoms with Gasteiger partial charge in [-0.2, -0.15) is 0 Å².